The molecule has 208 valence electrons. The maximum Gasteiger partial charge on any atom is 0.271 e. The van der Waals surface area contributed by atoms with Gasteiger partial charge < -0.3 is 14.6 Å². The number of nitrogens with zero attached hydrogens (tertiary/aromatic N) is 3. The Morgan fingerprint density at radius 1 is 1.05 bits per heavy atom. The number of amides is 1. The van der Waals surface area contributed by atoms with E-state index in [1.54, 1.807) is 16.6 Å². The van der Waals surface area contributed by atoms with Crippen LogP contribution in [0.5, 0.6) is 5.75 Å². The Morgan fingerprint density at radius 2 is 1.76 bits per heavy atom. The van der Waals surface area contributed by atoms with Crippen molar-refractivity contribution in [3.05, 3.63) is 108 Å². The third kappa shape index (κ3) is 4.30. The van der Waals surface area contributed by atoms with Gasteiger partial charge in [-0.3, -0.25) is 14.2 Å². The summed E-state index contributed by atoms with van der Waals surface area (Å²) in [6.07, 6.45) is 1.95. The van der Waals surface area contributed by atoms with Crippen molar-refractivity contribution >= 4 is 45.0 Å². The van der Waals surface area contributed by atoms with Crippen LogP contribution in [0.15, 0.2) is 81.7 Å². The van der Waals surface area contributed by atoms with Crippen LogP contribution in [-0.2, 0) is 4.79 Å². The van der Waals surface area contributed by atoms with E-state index in [-0.39, 0.29) is 11.5 Å². The second kappa shape index (κ2) is 10.5. The van der Waals surface area contributed by atoms with E-state index < -0.39 is 6.04 Å². The monoisotopic (exact) mass is 564 g/mol. The number of para-hydroxylation sites is 1. The zero-order valence-electron chi connectivity index (χ0n) is 23.8. The number of ether oxygens (including phenoxy) is 1. The Morgan fingerprint density at radius 3 is 2.49 bits per heavy atom. The number of H-pyrrole nitrogens is 1. The topological polar surface area (TPSA) is 79.7 Å². The number of allylic oxidation sites excluding steroid dienone is 1. The molecule has 3 aromatic carbocycles. The van der Waals surface area contributed by atoms with Crippen LogP contribution in [0.3, 0.4) is 0 Å². The average Bonchev–Trinajstić information content (AvgIpc) is 3.47. The fourth-order valence-corrected chi connectivity index (χ4v) is 6.93. The molecule has 1 aliphatic rings. The van der Waals surface area contributed by atoms with Gasteiger partial charge in [0.1, 0.15) is 11.8 Å². The van der Waals surface area contributed by atoms with E-state index in [2.05, 4.69) is 11.1 Å². The molecule has 41 heavy (non-hydrogen) atoms. The molecule has 0 saturated carbocycles. The Balaban J connectivity index is 1.68. The minimum Gasteiger partial charge on any atom is -0.496 e. The number of aryl methyl sites for hydroxylation is 1. The van der Waals surface area contributed by atoms with Crippen molar-refractivity contribution in [3.8, 4) is 5.75 Å². The molecule has 8 heteroatoms. The lowest BCUT2D eigenvalue weighted by molar-refractivity contribution is -0.127. The maximum atomic E-state index is 14.4. The number of hydrogen-bond donors (Lipinski definition) is 1. The highest BCUT2D eigenvalue weighted by Crippen LogP contribution is 2.40. The molecule has 1 amide bonds. The van der Waals surface area contributed by atoms with Crippen molar-refractivity contribution in [1.82, 2.24) is 14.5 Å². The van der Waals surface area contributed by atoms with Crippen molar-refractivity contribution in [2.75, 3.05) is 20.2 Å². The Labute approximate surface area is 241 Å². The van der Waals surface area contributed by atoms with E-state index in [0.29, 0.717) is 39.4 Å². The van der Waals surface area contributed by atoms with Crippen LogP contribution in [0, 0.1) is 6.92 Å². The third-order valence-corrected chi connectivity index (χ3v) is 8.93. The van der Waals surface area contributed by atoms with Crippen molar-refractivity contribution in [2.45, 2.75) is 33.7 Å². The van der Waals surface area contributed by atoms with Crippen LogP contribution in [0.4, 0.5) is 0 Å². The Hall–Kier alpha value is -4.43. The minimum absolute atomic E-state index is 0.127. The van der Waals surface area contributed by atoms with E-state index in [1.165, 1.54) is 11.3 Å². The largest absolute Gasteiger partial charge is 0.496 e. The molecular formula is C33H32N4O3S. The number of hydrogen-bond acceptors (Lipinski definition) is 5. The summed E-state index contributed by atoms with van der Waals surface area (Å²) in [5.74, 6) is 0.494. The van der Waals surface area contributed by atoms with Crippen LogP contribution < -0.4 is 19.6 Å². The number of rotatable bonds is 6. The number of aromatic amines is 1. The molecule has 5 aromatic rings. The van der Waals surface area contributed by atoms with Gasteiger partial charge in [-0.1, -0.05) is 59.9 Å². The number of nitrogens with one attached hydrogen (secondary N) is 1. The van der Waals surface area contributed by atoms with Crippen LogP contribution in [0.2, 0.25) is 0 Å². The summed E-state index contributed by atoms with van der Waals surface area (Å²) in [5, 5.41) is 2.99. The molecular weight excluding hydrogens is 532 g/mol. The highest BCUT2D eigenvalue weighted by molar-refractivity contribution is 7.07. The molecule has 0 saturated heterocycles. The van der Waals surface area contributed by atoms with Gasteiger partial charge in [-0.15, -0.1) is 0 Å². The molecule has 0 fully saturated rings. The second-order valence-corrected chi connectivity index (χ2v) is 11.2. The van der Waals surface area contributed by atoms with E-state index in [0.717, 1.165) is 38.5 Å². The highest BCUT2D eigenvalue weighted by atomic mass is 32.1. The van der Waals surface area contributed by atoms with Gasteiger partial charge in [0.25, 0.3) is 11.5 Å². The van der Waals surface area contributed by atoms with E-state index in [9.17, 15) is 9.59 Å². The molecule has 0 unspecified atom stereocenters. The zero-order chi connectivity index (χ0) is 28.8. The molecule has 0 radical (unpaired) electrons. The van der Waals surface area contributed by atoms with Gasteiger partial charge in [0.05, 0.1) is 22.9 Å². The summed E-state index contributed by atoms with van der Waals surface area (Å²) in [7, 11) is 1.62. The predicted molar refractivity (Wildman–Crippen MR) is 165 cm³/mol. The smallest absolute Gasteiger partial charge is 0.271 e. The van der Waals surface area contributed by atoms with Crippen LogP contribution in [-0.4, -0.2) is 40.6 Å². The lowest BCUT2D eigenvalue weighted by Gasteiger charge is -2.30. The van der Waals surface area contributed by atoms with Gasteiger partial charge in [-0.05, 0) is 56.7 Å². The maximum absolute atomic E-state index is 14.4. The molecule has 6 rings (SSSR count). The number of benzene rings is 3. The first-order valence-corrected chi connectivity index (χ1v) is 14.6. The lowest BCUT2D eigenvalue weighted by atomic mass is 9.90. The number of carbonyl (C=O) groups excluding carboxylic acids is 1. The number of thiazole rings is 1. The summed E-state index contributed by atoms with van der Waals surface area (Å²) in [6, 6.07) is 19.3. The molecule has 0 bridgehead atoms. The first kappa shape index (κ1) is 26.8. The van der Waals surface area contributed by atoms with Gasteiger partial charge in [0.2, 0.25) is 0 Å². The first-order valence-electron chi connectivity index (χ1n) is 13.8. The number of aromatic nitrogens is 2. The van der Waals surface area contributed by atoms with Gasteiger partial charge in [-0.25, -0.2) is 4.99 Å². The molecule has 1 atom stereocenters. The second-order valence-electron chi connectivity index (χ2n) is 10.2. The summed E-state index contributed by atoms with van der Waals surface area (Å²) in [6.45, 7) is 8.90. The van der Waals surface area contributed by atoms with Gasteiger partial charge in [0, 0.05) is 40.8 Å². The fraction of sp³-hybridized carbons (Fsp3) is 0.242. The number of likely N-dealkylation sites (N-methyl/N-ethyl adjacent to an activating group) is 1. The van der Waals surface area contributed by atoms with Crippen molar-refractivity contribution < 1.29 is 9.53 Å². The standard InChI is InChI=1S/C33H32N4O3S/c1-6-36(7-2)32(39)28-20(4)35-33-37(30(28)29-22-13-9-8-12-21(22)16-17-26(29)40-5)31(38)27(41-33)18-24-19(3)34-25-15-11-10-14-23(24)25/h8-18,30,34H,6-7H2,1-5H3/b27-18+/t30-/m0/s1. The summed E-state index contributed by atoms with van der Waals surface area (Å²) in [4.78, 5) is 39.1. The molecule has 2 aromatic heterocycles. The number of carbonyl (C=O) groups is 1. The Kier molecular flexibility index (Phi) is 6.87. The van der Waals surface area contributed by atoms with E-state index in [1.807, 2.05) is 88.4 Å². The molecule has 0 spiro atoms. The molecule has 0 aliphatic carbocycles. The number of fused-ring (bicyclic) bond motifs is 3. The van der Waals surface area contributed by atoms with Crippen LogP contribution in [0.25, 0.3) is 27.8 Å². The molecule has 3 heterocycles. The summed E-state index contributed by atoms with van der Waals surface area (Å²) >= 11 is 1.35. The van der Waals surface area contributed by atoms with E-state index >= 15 is 0 Å². The van der Waals surface area contributed by atoms with Crippen molar-refractivity contribution in [2.24, 2.45) is 4.99 Å². The van der Waals surface area contributed by atoms with Crippen molar-refractivity contribution in [3.63, 3.8) is 0 Å². The van der Waals surface area contributed by atoms with Crippen LogP contribution in [0.1, 0.15) is 43.6 Å². The zero-order valence-corrected chi connectivity index (χ0v) is 24.6. The normalized spacial score (nSPS) is 15.3. The average molecular weight is 565 g/mol. The summed E-state index contributed by atoms with van der Waals surface area (Å²) < 4.78 is 8.14. The SMILES string of the molecule is CCN(CC)C(=O)C1=C(C)N=c2s/c(=C/c3c(C)[nH]c4ccccc34)c(=O)n2[C@@H]1c1c(OC)ccc2ccccc12. The van der Waals surface area contributed by atoms with E-state index in [4.69, 9.17) is 9.73 Å². The minimum atomic E-state index is -0.702. The Bertz CT molecular complexity index is 2040. The van der Waals surface area contributed by atoms with Gasteiger partial charge in [-0.2, -0.15) is 0 Å². The first-order chi connectivity index (χ1) is 19.9. The van der Waals surface area contributed by atoms with Crippen LogP contribution >= 0.6 is 11.3 Å². The quantitative estimate of drug-likeness (QED) is 0.313. The molecule has 7 nitrogen and oxygen atoms in total. The van der Waals surface area contributed by atoms with Gasteiger partial charge >= 0.3 is 0 Å². The number of methoxy groups -OCH3 is 1. The predicted octanol–water partition coefficient (Wildman–Crippen LogP) is 5.06. The summed E-state index contributed by atoms with van der Waals surface area (Å²) in [5.41, 5.74) is 4.68. The third-order valence-electron chi connectivity index (χ3n) is 7.95. The van der Waals surface area contributed by atoms with Crippen molar-refractivity contribution in [1.29, 1.82) is 0 Å². The fourth-order valence-electron chi connectivity index (χ4n) is 5.90. The molecule has 1 aliphatic heterocycles. The molecule has 1 N–H and O–H groups in total. The lowest BCUT2D eigenvalue weighted by Crippen LogP contribution is -2.43. The highest BCUT2D eigenvalue weighted by Gasteiger charge is 2.36. The van der Waals surface area contributed by atoms with Gasteiger partial charge in [0.15, 0.2) is 4.80 Å².